The average Bonchev–Trinajstić information content (AvgIpc) is 3.02. The van der Waals surface area contributed by atoms with Gasteiger partial charge >= 0.3 is 0 Å². The molecule has 1 amide bonds. The number of rotatable bonds is 6. The summed E-state index contributed by atoms with van der Waals surface area (Å²) in [6.45, 7) is 0.561. The van der Waals surface area contributed by atoms with Crippen LogP contribution in [0.3, 0.4) is 0 Å². The van der Waals surface area contributed by atoms with Gasteiger partial charge in [0.15, 0.2) is 0 Å². The van der Waals surface area contributed by atoms with Crippen LogP contribution in [0, 0.1) is 0 Å². The van der Waals surface area contributed by atoms with E-state index in [1.807, 2.05) is 48.7 Å². The number of aromatic nitrogens is 1. The molecule has 0 aliphatic heterocycles. The summed E-state index contributed by atoms with van der Waals surface area (Å²) in [5, 5.41) is 4.70. The van der Waals surface area contributed by atoms with Crippen LogP contribution in [0.15, 0.2) is 54.7 Å². The first kappa shape index (κ1) is 17.1. The normalized spacial score (nSPS) is 11.1. The number of carbonyl (C=O) groups excluding carboxylic acids is 1. The number of ether oxygens (including phenoxy) is 1. The van der Waals surface area contributed by atoms with E-state index in [2.05, 4.69) is 10.3 Å². The lowest BCUT2D eigenvalue weighted by Crippen LogP contribution is -2.23. The summed E-state index contributed by atoms with van der Waals surface area (Å²) in [5.74, 6) is 0.675. The van der Waals surface area contributed by atoms with Gasteiger partial charge in [0.2, 0.25) is 5.91 Å². The molecule has 3 rings (SSSR count). The van der Waals surface area contributed by atoms with E-state index in [-0.39, 0.29) is 5.91 Å². The molecular weight excluding hydrogens is 336 g/mol. The Labute approximate surface area is 151 Å². The Morgan fingerprint density at radius 1 is 1.24 bits per heavy atom. The lowest BCUT2D eigenvalue weighted by Gasteiger charge is -2.02. The molecule has 128 valence electrons. The summed E-state index contributed by atoms with van der Waals surface area (Å²) in [6.07, 6.45) is 6.01. The van der Waals surface area contributed by atoms with Crippen molar-refractivity contribution >= 4 is 34.5 Å². The highest BCUT2D eigenvalue weighted by Crippen LogP contribution is 2.22. The van der Waals surface area contributed by atoms with E-state index in [9.17, 15) is 4.79 Å². The molecule has 1 aromatic heterocycles. The van der Waals surface area contributed by atoms with Gasteiger partial charge in [-0.2, -0.15) is 0 Å². The van der Waals surface area contributed by atoms with Crippen molar-refractivity contribution in [2.24, 2.45) is 0 Å². The maximum Gasteiger partial charge on any atom is 0.244 e. The van der Waals surface area contributed by atoms with Crippen LogP contribution < -0.4 is 10.1 Å². The lowest BCUT2D eigenvalue weighted by atomic mass is 10.1. The van der Waals surface area contributed by atoms with Gasteiger partial charge in [-0.05, 0) is 54.0 Å². The molecular formula is C20H19ClN2O2. The predicted octanol–water partition coefficient (Wildman–Crippen LogP) is 4.20. The minimum atomic E-state index is -0.117. The Bertz CT molecular complexity index is 898. The molecule has 5 heteroatoms. The second-order valence-corrected chi connectivity index (χ2v) is 6.09. The largest absolute Gasteiger partial charge is 0.497 e. The van der Waals surface area contributed by atoms with Gasteiger partial charge in [0, 0.05) is 34.7 Å². The summed E-state index contributed by atoms with van der Waals surface area (Å²) in [7, 11) is 1.62. The van der Waals surface area contributed by atoms with Gasteiger partial charge in [0.1, 0.15) is 5.75 Å². The van der Waals surface area contributed by atoms with Gasteiger partial charge in [0.05, 0.1) is 7.11 Å². The minimum Gasteiger partial charge on any atom is -0.497 e. The number of benzene rings is 2. The van der Waals surface area contributed by atoms with Gasteiger partial charge in [-0.25, -0.2) is 0 Å². The number of fused-ring (bicyclic) bond motifs is 1. The quantitative estimate of drug-likeness (QED) is 0.652. The molecule has 0 aliphatic carbocycles. The second-order valence-electron chi connectivity index (χ2n) is 5.65. The zero-order valence-electron chi connectivity index (χ0n) is 13.9. The van der Waals surface area contributed by atoms with E-state index < -0.39 is 0 Å². The van der Waals surface area contributed by atoms with Gasteiger partial charge in [-0.3, -0.25) is 4.79 Å². The van der Waals surface area contributed by atoms with Crippen LogP contribution in [0.1, 0.15) is 11.1 Å². The number of methoxy groups -OCH3 is 1. The van der Waals surface area contributed by atoms with E-state index in [0.29, 0.717) is 11.6 Å². The van der Waals surface area contributed by atoms with Gasteiger partial charge in [-0.1, -0.05) is 23.7 Å². The third kappa shape index (κ3) is 4.43. The molecule has 0 saturated carbocycles. The van der Waals surface area contributed by atoms with E-state index in [1.165, 1.54) is 6.08 Å². The molecule has 0 bridgehead atoms. The van der Waals surface area contributed by atoms with Crippen molar-refractivity contribution in [2.45, 2.75) is 6.42 Å². The summed E-state index contributed by atoms with van der Waals surface area (Å²) in [4.78, 5) is 15.1. The second kappa shape index (κ2) is 7.90. The third-order valence-electron chi connectivity index (χ3n) is 3.97. The Morgan fingerprint density at radius 3 is 2.80 bits per heavy atom. The molecule has 4 nitrogen and oxygen atoms in total. The molecule has 1 heterocycles. The molecule has 0 atom stereocenters. The molecule has 25 heavy (non-hydrogen) atoms. The van der Waals surface area contributed by atoms with Crippen molar-refractivity contribution in [3.63, 3.8) is 0 Å². The monoisotopic (exact) mass is 354 g/mol. The first-order valence-corrected chi connectivity index (χ1v) is 8.39. The van der Waals surface area contributed by atoms with Crippen LogP contribution >= 0.6 is 11.6 Å². The maximum atomic E-state index is 11.9. The van der Waals surface area contributed by atoms with E-state index >= 15 is 0 Å². The predicted molar refractivity (Wildman–Crippen MR) is 102 cm³/mol. The molecule has 0 unspecified atom stereocenters. The van der Waals surface area contributed by atoms with Crippen LogP contribution in [0.2, 0.25) is 5.02 Å². The zero-order chi connectivity index (χ0) is 17.6. The smallest absolute Gasteiger partial charge is 0.244 e. The van der Waals surface area contributed by atoms with Crippen molar-refractivity contribution in [2.75, 3.05) is 13.7 Å². The molecule has 0 saturated heterocycles. The number of hydrogen-bond donors (Lipinski definition) is 2. The van der Waals surface area contributed by atoms with Crippen LogP contribution in [-0.4, -0.2) is 24.5 Å². The maximum absolute atomic E-state index is 11.9. The lowest BCUT2D eigenvalue weighted by molar-refractivity contribution is -0.116. The highest BCUT2D eigenvalue weighted by atomic mass is 35.5. The molecule has 2 aromatic carbocycles. The molecule has 0 radical (unpaired) electrons. The van der Waals surface area contributed by atoms with Crippen molar-refractivity contribution < 1.29 is 9.53 Å². The van der Waals surface area contributed by atoms with Crippen LogP contribution in [0.25, 0.3) is 17.0 Å². The SMILES string of the molecule is COc1ccc(C=CC(=O)NCCc2c[nH]c3ccc(Cl)cc23)cc1. The molecule has 0 fully saturated rings. The Kier molecular flexibility index (Phi) is 5.41. The fraction of sp³-hybridized carbons (Fsp3) is 0.150. The van der Waals surface area contributed by atoms with Gasteiger partial charge in [0.25, 0.3) is 0 Å². The fourth-order valence-corrected chi connectivity index (χ4v) is 2.80. The topological polar surface area (TPSA) is 54.1 Å². The number of amides is 1. The molecule has 0 spiro atoms. The van der Waals surface area contributed by atoms with Crippen molar-refractivity contribution in [3.05, 3.63) is 70.9 Å². The highest BCUT2D eigenvalue weighted by molar-refractivity contribution is 6.31. The summed E-state index contributed by atoms with van der Waals surface area (Å²) in [6, 6.07) is 13.3. The van der Waals surface area contributed by atoms with Crippen molar-refractivity contribution in [1.82, 2.24) is 10.3 Å². The standard InChI is InChI=1S/C20H19ClN2O2/c1-25-17-6-2-14(3-7-17)4-9-20(24)22-11-10-15-13-23-19-8-5-16(21)12-18(15)19/h2-9,12-13,23H,10-11H2,1H3,(H,22,24). The molecule has 3 aromatic rings. The summed E-state index contributed by atoms with van der Waals surface area (Å²) < 4.78 is 5.11. The van der Waals surface area contributed by atoms with Gasteiger partial charge in [-0.15, -0.1) is 0 Å². The number of H-pyrrole nitrogens is 1. The summed E-state index contributed by atoms with van der Waals surface area (Å²) >= 11 is 6.05. The molecule has 2 N–H and O–H groups in total. The minimum absolute atomic E-state index is 0.117. The average molecular weight is 355 g/mol. The first-order valence-electron chi connectivity index (χ1n) is 8.01. The number of nitrogens with one attached hydrogen (secondary N) is 2. The van der Waals surface area contributed by atoms with E-state index in [1.54, 1.807) is 13.2 Å². The highest BCUT2D eigenvalue weighted by Gasteiger charge is 2.04. The van der Waals surface area contributed by atoms with E-state index in [4.69, 9.17) is 16.3 Å². The number of carbonyl (C=O) groups is 1. The summed E-state index contributed by atoms with van der Waals surface area (Å²) in [5.41, 5.74) is 3.13. The van der Waals surface area contributed by atoms with Crippen LogP contribution in [-0.2, 0) is 11.2 Å². The Balaban J connectivity index is 1.53. The van der Waals surface area contributed by atoms with Gasteiger partial charge < -0.3 is 15.0 Å². The number of aromatic amines is 1. The van der Waals surface area contributed by atoms with Crippen LogP contribution in [0.5, 0.6) is 5.75 Å². The van der Waals surface area contributed by atoms with Crippen LogP contribution in [0.4, 0.5) is 0 Å². The van der Waals surface area contributed by atoms with E-state index in [0.717, 1.165) is 34.2 Å². The number of halogens is 1. The number of hydrogen-bond acceptors (Lipinski definition) is 2. The van der Waals surface area contributed by atoms with Crippen molar-refractivity contribution in [3.8, 4) is 5.75 Å². The zero-order valence-corrected chi connectivity index (χ0v) is 14.6. The van der Waals surface area contributed by atoms with Crippen molar-refractivity contribution in [1.29, 1.82) is 0 Å². The molecule has 0 aliphatic rings. The Morgan fingerprint density at radius 2 is 2.04 bits per heavy atom. The fourth-order valence-electron chi connectivity index (χ4n) is 2.62. The third-order valence-corrected chi connectivity index (χ3v) is 4.20. The first-order chi connectivity index (χ1) is 12.2. The Hall–Kier alpha value is -2.72.